The molecule has 1 aromatic carbocycles. The van der Waals surface area contributed by atoms with Crippen LogP contribution < -0.4 is 10.0 Å². The van der Waals surface area contributed by atoms with Crippen molar-refractivity contribution in [3.63, 3.8) is 0 Å². The first-order chi connectivity index (χ1) is 12.6. The molecule has 3 amide bonds. The van der Waals surface area contributed by atoms with Gasteiger partial charge in [0.15, 0.2) is 5.25 Å². The molecule has 0 fully saturated rings. The number of anilines is 1. The molecule has 0 spiro atoms. The lowest BCUT2D eigenvalue weighted by Crippen LogP contribution is -2.51. The molecule has 2 N–H and O–H groups in total. The zero-order valence-electron chi connectivity index (χ0n) is 14.4. The number of esters is 2. The first-order valence-corrected chi connectivity index (χ1v) is 8.87. The van der Waals surface area contributed by atoms with Crippen molar-refractivity contribution in [1.29, 1.82) is 0 Å². The normalized spacial score (nSPS) is 16.9. The van der Waals surface area contributed by atoms with Gasteiger partial charge < -0.3 is 9.47 Å². The Morgan fingerprint density at radius 1 is 1.07 bits per heavy atom. The number of aliphatic imine (C=N–C) groups is 1. The average molecular weight is 397 g/mol. The second kappa shape index (κ2) is 7.53. The molecular formula is C15H15N3O8S. The Balaban J connectivity index is 2.47. The van der Waals surface area contributed by atoms with Crippen LogP contribution in [0.5, 0.6) is 0 Å². The van der Waals surface area contributed by atoms with E-state index in [0.717, 1.165) is 32.4 Å². The number of ether oxygens (including phenoxy) is 2. The molecule has 1 aliphatic rings. The SMILES string of the molecule is COC(=O)c1cc(NS(=O)(=O)C2C(=O)NC(=O)N=C2C)cc(C(=O)OC)c1. The van der Waals surface area contributed by atoms with Crippen LogP contribution in [0.1, 0.15) is 27.6 Å². The highest BCUT2D eigenvalue weighted by molar-refractivity contribution is 7.94. The van der Waals surface area contributed by atoms with E-state index >= 15 is 0 Å². The van der Waals surface area contributed by atoms with Gasteiger partial charge in [0, 0.05) is 0 Å². The molecule has 27 heavy (non-hydrogen) atoms. The number of hydrogen-bond donors (Lipinski definition) is 2. The molecule has 1 unspecified atom stereocenters. The molecule has 0 bridgehead atoms. The van der Waals surface area contributed by atoms with Gasteiger partial charge in [-0.3, -0.25) is 14.8 Å². The number of amides is 3. The van der Waals surface area contributed by atoms with Crippen molar-refractivity contribution in [3.05, 3.63) is 29.3 Å². The Bertz CT molecular complexity index is 933. The van der Waals surface area contributed by atoms with E-state index in [4.69, 9.17) is 0 Å². The van der Waals surface area contributed by atoms with Crippen molar-refractivity contribution in [2.45, 2.75) is 12.2 Å². The molecule has 1 aliphatic heterocycles. The lowest BCUT2D eigenvalue weighted by atomic mass is 10.1. The van der Waals surface area contributed by atoms with E-state index in [0.29, 0.717) is 0 Å². The van der Waals surface area contributed by atoms with Crippen LogP contribution in [-0.4, -0.2) is 57.5 Å². The van der Waals surface area contributed by atoms with Gasteiger partial charge in [0.25, 0.3) is 5.91 Å². The standard InChI is InChI=1S/C15H15N3O8S/c1-7-11(12(19)17-15(22)16-7)27(23,24)18-10-5-8(13(20)25-2)4-9(6-10)14(21)26-3/h4-6,11,18H,1-3H3,(H,17,19,22). The van der Waals surface area contributed by atoms with Crippen molar-refractivity contribution in [1.82, 2.24) is 5.32 Å². The number of benzene rings is 1. The van der Waals surface area contributed by atoms with Gasteiger partial charge in [0.1, 0.15) is 0 Å². The summed E-state index contributed by atoms with van der Waals surface area (Å²) in [5, 5.41) is 0.0312. The fraction of sp³-hybridized carbons (Fsp3) is 0.267. The molecule has 0 saturated heterocycles. The first-order valence-electron chi connectivity index (χ1n) is 7.32. The van der Waals surface area contributed by atoms with Gasteiger partial charge in [-0.25, -0.2) is 27.8 Å². The second-order valence-electron chi connectivity index (χ2n) is 5.36. The first kappa shape index (κ1) is 20.0. The zero-order valence-corrected chi connectivity index (χ0v) is 15.2. The molecule has 2 rings (SSSR count). The van der Waals surface area contributed by atoms with Crippen LogP contribution in [0.15, 0.2) is 23.2 Å². The summed E-state index contributed by atoms with van der Waals surface area (Å²) < 4.78 is 36.4. The number of carbonyl (C=O) groups excluding carboxylic acids is 4. The van der Waals surface area contributed by atoms with Crippen LogP contribution >= 0.6 is 0 Å². The Morgan fingerprint density at radius 3 is 2.04 bits per heavy atom. The number of sulfonamides is 1. The number of urea groups is 1. The van der Waals surface area contributed by atoms with Crippen molar-refractivity contribution >= 4 is 45.3 Å². The van der Waals surface area contributed by atoms with Crippen molar-refractivity contribution < 1.29 is 37.1 Å². The number of nitrogens with zero attached hydrogens (tertiary/aromatic N) is 1. The fourth-order valence-electron chi connectivity index (χ4n) is 2.35. The van der Waals surface area contributed by atoms with E-state index in [1.165, 1.54) is 6.92 Å². The topological polar surface area (TPSA) is 157 Å². The maximum Gasteiger partial charge on any atom is 0.347 e. The third-order valence-electron chi connectivity index (χ3n) is 3.47. The smallest absolute Gasteiger partial charge is 0.347 e. The molecule has 144 valence electrons. The molecule has 12 heteroatoms. The van der Waals surface area contributed by atoms with Gasteiger partial charge in [-0.05, 0) is 25.1 Å². The van der Waals surface area contributed by atoms with Crippen molar-refractivity contribution in [2.75, 3.05) is 18.9 Å². The minimum absolute atomic E-state index is 0.119. The van der Waals surface area contributed by atoms with Gasteiger partial charge >= 0.3 is 18.0 Å². The Hall–Kier alpha value is -3.28. The van der Waals surface area contributed by atoms with Gasteiger partial charge in [-0.1, -0.05) is 0 Å². The molecule has 11 nitrogen and oxygen atoms in total. The lowest BCUT2D eigenvalue weighted by molar-refractivity contribution is -0.118. The fourth-order valence-corrected chi connectivity index (χ4v) is 3.76. The highest BCUT2D eigenvalue weighted by atomic mass is 32.2. The summed E-state index contributed by atoms with van der Waals surface area (Å²) in [6.45, 7) is 1.21. The number of methoxy groups -OCH3 is 2. The van der Waals surface area contributed by atoms with E-state index in [9.17, 15) is 27.6 Å². The van der Waals surface area contributed by atoms with Crippen LogP contribution in [0, 0.1) is 0 Å². The zero-order chi connectivity index (χ0) is 20.4. The van der Waals surface area contributed by atoms with E-state index < -0.39 is 39.2 Å². The Kier molecular flexibility index (Phi) is 5.59. The highest BCUT2D eigenvalue weighted by Crippen LogP contribution is 2.20. The predicted molar refractivity (Wildman–Crippen MR) is 92.1 cm³/mol. The molecule has 0 saturated carbocycles. The van der Waals surface area contributed by atoms with Crippen LogP contribution in [-0.2, 0) is 24.3 Å². The van der Waals surface area contributed by atoms with Gasteiger partial charge in [-0.2, -0.15) is 0 Å². The summed E-state index contributed by atoms with van der Waals surface area (Å²) in [5.41, 5.74) is -0.650. The third kappa shape index (κ3) is 4.28. The summed E-state index contributed by atoms with van der Waals surface area (Å²) in [5.74, 6) is -2.71. The molecule has 0 radical (unpaired) electrons. The van der Waals surface area contributed by atoms with Crippen LogP contribution in [0.3, 0.4) is 0 Å². The molecule has 0 aromatic heterocycles. The summed E-state index contributed by atoms with van der Waals surface area (Å²) in [7, 11) is -2.18. The van der Waals surface area contributed by atoms with E-state index in [1.807, 2.05) is 0 Å². The molecule has 1 heterocycles. The minimum Gasteiger partial charge on any atom is -0.465 e. The summed E-state index contributed by atoms with van der Waals surface area (Å²) in [4.78, 5) is 50.0. The van der Waals surface area contributed by atoms with Crippen molar-refractivity contribution in [3.8, 4) is 0 Å². The number of hydrogen-bond acceptors (Lipinski definition) is 8. The average Bonchev–Trinajstić information content (AvgIpc) is 2.58. The number of imide groups is 1. The van der Waals surface area contributed by atoms with Gasteiger partial charge in [-0.15, -0.1) is 0 Å². The molecule has 0 aliphatic carbocycles. The van der Waals surface area contributed by atoms with E-state index in [2.05, 4.69) is 19.2 Å². The lowest BCUT2D eigenvalue weighted by Gasteiger charge is -2.21. The molecule has 1 aromatic rings. The number of carbonyl (C=O) groups is 4. The number of rotatable bonds is 5. The monoisotopic (exact) mass is 397 g/mol. The summed E-state index contributed by atoms with van der Waals surface area (Å²) in [6, 6.07) is 2.43. The maximum atomic E-state index is 12.6. The molecule has 1 atom stereocenters. The highest BCUT2D eigenvalue weighted by Gasteiger charge is 2.39. The van der Waals surface area contributed by atoms with Crippen LogP contribution in [0.2, 0.25) is 0 Å². The Labute approximate surface area is 153 Å². The summed E-state index contributed by atoms with van der Waals surface area (Å²) >= 11 is 0. The van der Waals surface area contributed by atoms with Crippen molar-refractivity contribution in [2.24, 2.45) is 4.99 Å². The molecular weight excluding hydrogens is 382 g/mol. The second-order valence-corrected chi connectivity index (χ2v) is 7.12. The van der Waals surface area contributed by atoms with E-state index in [-0.39, 0.29) is 22.5 Å². The van der Waals surface area contributed by atoms with Gasteiger partial charge in [0.05, 0.1) is 36.7 Å². The van der Waals surface area contributed by atoms with Gasteiger partial charge in [0.2, 0.25) is 10.0 Å². The largest absolute Gasteiger partial charge is 0.465 e. The number of nitrogens with one attached hydrogen (secondary N) is 2. The van der Waals surface area contributed by atoms with Crippen LogP contribution in [0.4, 0.5) is 10.5 Å². The van der Waals surface area contributed by atoms with Crippen LogP contribution in [0.25, 0.3) is 0 Å². The van der Waals surface area contributed by atoms with E-state index in [1.54, 1.807) is 5.32 Å². The Morgan fingerprint density at radius 2 is 1.59 bits per heavy atom. The quantitative estimate of drug-likeness (QED) is 0.661. The summed E-state index contributed by atoms with van der Waals surface area (Å²) in [6.07, 6.45) is 0. The predicted octanol–water partition coefficient (Wildman–Crippen LogP) is 0.0808. The maximum absolute atomic E-state index is 12.6. The minimum atomic E-state index is -4.41. The third-order valence-corrected chi connectivity index (χ3v) is 5.17.